The van der Waals surface area contributed by atoms with Crippen LogP contribution in [-0.2, 0) is 14.4 Å². The molecule has 1 saturated heterocycles. The number of likely N-dealkylation sites (tertiary alicyclic amines) is 1. The standard InChI is InChI=1S/C17H17NO4/c19-13(20)8-18-16(21)14-10-6-11(9-4-2-1-3-5-9)12(7-10)15(14)17(18)22/h1-5,10-12,14-15H,6-8H2,(H,19,20)/t10-,11+,12+,14+,15+/m0/s1. The van der Waals surface area contributed by atoms with Crippen molar-refractivity contribution in [2.45, 2.75) is 18.8 Å². The lowest BCUT2D eigenvalue weighted by atomic mass is 9.73. The van der Waals surface area contributed by atoms with Crippen LogP contribution >= 0.6 is 0 Å². The van der Waals surface area contributed by atoms with Crippen LogP contribution in [0.5, 0.6) is 0 Å². The van der Waals surface area contributed by atoms with E-state index >= 15 is 0 Å². The maximum atomic E-state index is 12.5. The third kappa shape index (κ3) is 1.74. The van der Waals surface area contributed by atoms with Gasteiger partial charge in [-0.15, -0.1) is 0 Å². The number of imide groups is 1. The molecular weight excluding hydrogens is 282 g/mol. The van der Waals surface area contributed by atoms with Crippen molar-refractivity contribution in [3.63, 3.8) is 0 Å². The van der Waals surface area contributed by atoms with Crippen LogP contribution in [0.3, 0.4) is 0 Å². The Kier molecular flexibility index (Phi) is 2.86. The van der Waals surface area contributed by atoms with E-state index in [1.54, 1.807) is 0 Å². The number of nitrogens with zero attached hydrogens (tertiary/aromatic N) is 1. The highest BCUT2D eigenvalue weighted by Gasteiger charge is 2.63. The highest BCUT2D eigenvalue weighted by molar-refractivity contribution is 6.07. The fraction of sp³-hybridized carbons (Fsp3) is 0.471. The molecule has 0 spiro atoms. The summed E-state index contributed by atoms with van der Waals surface area (Å²) in [7, 11) is 0. The van der Waals surface area contributed by atoms with Gasteiger partial charge in [0.15, 0.2) is 0 Å². The van der Waals surface area contributed by atoms with Crippen molar-refractivity contribution >= 4 is 17.8 Å². The number of carboxylic acid groups (broad SMARTS) is 1. The monoisotopic (exact) mass is 299 g/mol. The molecule has 3 aliphatic rings. The molecule has 0 radical (unpaired) electrons. The van der Waals surface area contributed by atoms with Crippen LogP contribution in [0.1, 0.15) is 24.3 Å². The van der Waals surface area contributed by atoms with E-state index < -0.39 is 12.5 Å². The van der Waals surface area contributed by atoms with Gasteiger partial charge in [0.05, 0.1) is 11.8 Å². The molecule has 5 atom stereocenters. The minimum absolute atomic E-state index is 0.174. The predicted octanol–water partition coefficient (Wildman–Crippen LogP) is 1.50. The molecule has 5 nitrogen and oxygen atoms in total. The predicted molar refractivity (Wildman–Crippen MR) is 76.7 cm³/mol. The first-order valence-electron chi connectivity index (χ1n) is 7.70. The van der Waals surface area contributed by atoms with Crippen LogP contribution in [-0.4, -0.2) is 34.3 Å². The first-order chi connectivity index (χ1) is 10.6. The van der Waals surface area contributed by atoms with Gasteiger partial charge in [0.25, 0.3) is 0 Å². The van der Waals surface area contributed by atoms with Crippen LogP contribution < -0.4 is 0 Å². The van der Waals surface area contributed by atoms with Gasteiger partial charge in [-0.3, -0.25) is 19.3 Å². The number of carbonyl (C=O) groups excluding carboxylic acids is 2. The molecule has 1 N–H and O–H groups in total. The number of rotatable bonds is 3. The summed E-state index contributed by atoms with van der Waals surface area (Å²) in [6.45, 7) is -0.500. The molecule has 2 amide bonds. The van der Waals surface area contributed by atoms with E-state index in [1.807, 2.05) is 18.2 Å². The minimum atomic E-state index is -1.13. The normalized spacial score (nSPS) is 36.0. The fourth-order valence-electron chi connectivity index (χ4n) is 4.90. The number of hydrogen-bond donors (Lipinski definition) is 1. The number of amides is 2. The van der Waals surface area contributed by atoms with Crippen molar-refractivity contribution in [2.75, 3.05) is 6.54 Å². The van der Waals surface area contributed by atoms with E-state index in [4.69, 9.17) is 5.11 Å². The fourth-order valence-corrected chi connectivity index (χ4v) is 4.90. The van der Waals surface area contributed by atoms with Gasteiger partial charge < -0.3 is 5.11 Å². The molecule has 2 aliphatic carbocycles. The van der Waals surface area contributed by atoms with E-state index in [0.29, 0.717) is 5.92 Å². The average Bonchev–Trinajstić information content (AvgIpc) is 3.15. The van der Waals surface area contributed by atoms with Gasteiger partial charge >= 0.3 is 5.97 Å². The van der Waals surface area contributed by atoms with Gasteiger partial charge in [-0.2, -0.15) is 0 Å². The van der Waals surface area contributed by atoms with E-state index in [0.717, 1.165) is 17.7 Å². The van der Waals surface area contributed by atoms with E-state index in [2.05, 4.69) is 12.1 Å². The molecule has 0 aromatic heterocycles. The number of fused-ring (bicyclic) bond motifs is 5. The number of carbonyl (C=O) groups is 3. The van der Waals surface area contributed by atoms with Crippen LogP contribution in [0.2, 0.25) is 0 Å². The van der Waals surface area contributed by atoms with Gasteiger partial charge in [-0.1, -0.05) is 30.3 Å². The topological polar surface area (TPSA) is 74.7 Å². The number of benzene rings is 1. The molecule has 1 aliphatic heterocycles. The number of hydrogen-bond acceptors (Lipinski definition) is 3. The maximum Gasteiger partial charge on any atom is 0.323 e. The summed E-state index contributed by atoms with van der Waals surface area (Å²) in [5, 5.41) is 8.90. The third-order valence-electron chi connectivity index (χ3n) is 5.63. The molecule has 0 unspecified atom stereocenters. The Bertz CT molecular complexity index is 656. The zero-order valence-corrected chi connectivity index (χ0v) is 12.0. The maximum absolute atomic E-state index is 12.5. The Morgan fingerprint density at radius 2 is 1.77 bits per heavy atom. The second kappa shape index (κ2) is 4.66. The van der Waals surface area contributed by atoms with Crippen molar-refractivity contribution in [3.8, 4) is 0 Å². The first-order valence-corrected chi connectivity index (χ1v) is 7.70. The molecule has 2 saturated carbocycles. The SMILES string of the molecule is O=C(O)CN1C(=O)[C@@H]2[C@@H]3C[C@@H]([C@H]2C1=O)[C@@H](c1ccccc1)C3. The van der Waals surface area contributed by atoms with Crippen LogP contribution in [0.4, 0.5) is 0 Å². The molecule has 1 aromatic carbocycles. The summed E-state index contributed by atoms with van der Waals surface area (Å²) in [4.78, 5) is 36.8. The molecule has 1 heterocycles. The van der Waals surface area contributed by atoms with Crippen molar-refractivity contribution < 1.29 is 19.5 Å². The number of aliphatic carboxylic acids is 1. The lowest BCUT2D eigenvalue weighted by Gasteiger charge is -2.28. The second-order valence-corrected chi connectivity index (χ2v) is 6.62. The zero-order chi connectivity index (χ0) is 15.4. The molecule has 4 rings (SSSR count). The van der Waals surface area contributed by atoms with Gasteiger partial charge in [0.1, 0.15) is 6.54 Å². The van der Waals surface area contributed by atoms with E-state index in [-0.39, 0.29) is 35.5 Å². The molecule has 1 aromatic rings. The lowest BCUT2D eigenvalue weighted by Crippen LogP contribution is -2.37. The Morgan fingerprint density at radius 3 is 2.45 bits per heavy atom. The largest absolute Gasteiger partial charge is 0.480 e. The Morgan fingerprint density at radius 1 is 1.09 bits per heavy atom. The second-order valence-electron chi connectivity index (χ2n) is 6.62. The molecular formula is C17H17NO4. The highest BCUT2D eigenvalue weighted by atomic mass is 16.4. The van der Waals surface area contributed by atoms with Crippen molar-refractivity contribution in [1.29, 1.82) is 0 Å². The third-order valence-corrected chi connectivity index (χ3v) is 5.63. The quantitative estimate of drug-likeness (QED) is 0.858. The summed E-state index contributed by atoms with van der Waals surface area (Å²) in [5.41, 5.74) is 1.23. The molecule has 3 fully saturated rings. The van der Waals surface area contributed by atoms with Gasteiger partial charge in [-0.25, -0.2) is 0 Å². The Balaban J connectivity index is 1.64. The molecule has 5 heteroatoms. The van der Waals surface area contributed by atoms with E-state index in [1.165, 1.54) is 5.56 Å². The molecule has 114 valence electrons. The minimum Gasteiger partial charge on any atom is -0.480 e. The summed E-state index contributed by atoms with van der Waals surface area (Å²) in [6.07, 6.45) is 1.84. The molecule has 22 heavy (non-hydrogen) atoms. The van der Waals surface area contributed by atoms with Crippen molar-refractivity contribution in [1.82, 2.24) is 4.90 Å². The van der Waals surface area contributed by atoms with E-state index in [9.17, 15) is 14.4 Å². The summed E-state index contributed by atoms with van der Waals surface area (Å²) >= 11 is 0. The zero-order valence-electron chi connectivity index (χ0n) is 12.0. The lowest BCUT2D eigenvalue weighted by molar-refractivity contribution is -0.149. The van der Waals surface area contributed by atoms with Crippen LogP contribution in [0.25, 0.3) is 0 Å². The Hall–Kier alpha value is -2.17. The van der Waals surface area contributed by atoms with Crippen molar-refractivity contribution in [2.24, 2.45) is 23.7 Å². The average molecular weight is 299 g/mol. The smallest absolute Gasteiger partial charge is 0.323 e. The van der Waals surface area contributed by atoms with Gasteiger partial charge in [0.2, 0.25) is 11.8 Å². The van der Waals surface area contributed by atoms with Crippen molar-refractivity contribution in [3.05, 3.63) is 35.9 Å². The Labute approximate surface area is 127 Å². The summed E-state index contributed by atoms with van der Waals surface area (Å²) in [6, 6.07) is 10.1. The van der Waals surface area contributed by atoms with Crippen LogP contribution in [0.15, 0.2) is 30.3 Å². The highest BCUT2D eigenvalue weighted by Crippen LogP contribution is 2.61. The summed E-state index contributed by atoms with van der Waals surface area (Å²) in [5.74, 6) is -1.56. The molecule has 2 bridgehead atoms. The van der Waals surface area contributed by atoms with Gasteiger partial charge in [-0.05, 0) is 36.2 Å². The first kappa shape index (κ1) is 13.5. The van der Waals surface area contributed by atoms with Gasteiger partial charge in [0, 0.05) is 0 Å². The number of carboxylic acids is 1. The summed E-state index contributed by atoms with van der Waals surface area (Å²) < 4.78 is 0. The van der Waals surface area contributed by atoms with Crippen LogP contribution in [0, 0.1) is 23.7 Å².